The van der Waals surface area contributed by atoms with Crippen LogP contribution in [0.2, 0.25) is 5.02 Å². The number of nitrogens with zero attached hydrogens (tertiary/aromatic N) is 3. The number of aromatic nitrogens is 1. The Morgan fingerprint density at radius 1 is 1.19 bits per heavy atom. The van der Waals surface area contributed by atoms with Crippen molar-refractivity contribution in [2.75, 3.05) is 4.90 Å². The van der Waals surface area contributed by atoms with Gasteiger partial charge in [0.1, 0.15) is 12.0 Å². The fourth-order valence-electron chi connectivity index (χ4n) is 5.96. The summed E-state index contributed by atoms with van der Waals surface area (Å²) in [5.41, 5.74) is 1.71. The van der Waals surface area contributed by atoms with Gasteiger partial charge in [0, 0.05) is 13.0 Å². The molecule has 6 nitrogen and oxygen atoms in total. The summed E-state index contributed by atoms with van der Waals surface area (Å²) in [6.45, 7) is 6.14. The average molecular weight is 442 g/mol. The summed E-state index contributed by atoms with van der Waals surface area (Å²) in [5.74, 6) is 2.40. The Bertz CT molecular complexity index is 990. The van der Waals surface area contributed by atoms with E-state index in [0.29, 0.717) is 16.5 Å². The highest BCUT2D eigenvalue weighted by Crippen LogP contribution is 2.52. The number of carbonyl (C=O) groups is 1. The molecule has 2 aliphatic carbocycles. The van der Waals surface area contributed by atoms with E-state index >= 15 is 0 Å². The van der Waals surface area contributed by atoms with E-state index in [2.05, 4.69) is 24.9 Å². The first kappa shape index (κ1) is 21.8. The third kappa shape index (κ3) is 4.31. The lowest BCUT2D eigenvalue weighted by atomic mass is 9.57. The summed E-state index contributed by atoms with van der Waals surface area (Å²) >= 11 is 6.69. The lowest BCUT2D eigenvalue weighted by molar-refractivity contribution is -0.385. The Morgan fingerprint density at radius 2 is 1.87 bits per heavy atom. The van der Waals surface area contributed by atoms with Crippen LogP contribution in [0.4, 0.5) is 17.2 Å². The Balaban J connectivity index is 1.64. The number of fused-ring (bicyclic) bond motifs is 2. The van der Waals surface area contributed by atoms with Crippen LogP contribution in [-0.4, -0.2) is 15.8 Å². The third-order valence-electron chi connectivity index (χ3n) is 6.99. The van der Waals surface area contributed by atoms with E-state index < -0.39 is 4.92 Å². The molecular formula is C24H28ClN3O3. The van der Waals surface area contributed by atoms with Gasteiger partial charge >= 0.3 is 0 Å². The molecular weight excluding hydrogens is 414 g/mol. The lowest BCUT2D eigenvalue weighted by Crippen LogP contribution is -2.38. The second kappa shape index (κ2) is 8.23. The molecule has 0 saturated heterocycles. The molecule has 2 unspecified atom stereocenters. The fraction of sp³-hybridized carbons (Fsp3) is 0.500. The van der Waals surface area contributed by atoms with Gasteiger partial charge in [0.15, 0.2) is 0 Å². The van der Waals surface area contributed by atoms with E-state index in [9.17, 15) is 14.9 Å². The van der Waals surface area contributed by atoms with E-state index in [1.807, 2.05) is 12.1 Å². The largest absolute Gasteiger partial charge is 0.287 e. The van der Waals surface area contributed by atoms with Crippen molar-refractivity contribution in [3.8, 4) is 0 Å². The molecule has 31 heavy (non-hydrogen) atoms. The van der Waals surface area contributed by atoms with Crippen molar-refractivity contribution in [2.45, 2.75) is 58.3 Å². The number of benzene rings is 1. The Hall–Kier alpha value is -2.47. The first-order valence-corrected chi connectivity index (χ1v) is 11.3. The minimum absolute atomic E-state index is 0.0859. The maximum absolute atomic E-state index is 12.4. The summed E-state index contributed by atoms with van der Waals surface area (Å²) in [5, 5.41) is 11.4. The number of hydrogen-bond acceptors (Lipinski definition) is 4. The first-order valence-electron chi connectivity index (χ1n) is 10.9. The van der Waals surface area contributed by atoms with Gasteiger partial charge in [0.25, 0.3) is 5.69 Å². The normalized spacial score (nSPS) is 27.5. The topological polar surface area (TPSA) is 76.3 Å². The van der Waals surface area contributed by atoms with Crippen LogP contribution < -0.4 is 4.90 Å². The molecule has 0 radical (unpaired) electrons. The van der Waals surface area contributed by atoms with E-state index in [1.165, 1.54) is 61.6 Å². The average Bonchev–Trinajstić information content (AvgIpc) is 2.68. The molecule has 7 heteroatoms. The van der Waals surface area contributed by atoms with Gasteiger partial charge in [-0.15, -0.1) is 0 Å². The summed E-state index contributed by atoms with van der Waals surface area (Å²) in [6.07, 6.45) is 7.45. The molecule has 0 aliphatic heterocycles. The Labute approximate surface area is 187 Å². The molecule has 2 fully saturated rings. The number of halogens is 1. The number of hydrogen-bond donors (Lipinski definition) is 0. The molecule has 1 aromatic carbocycles. The number of carbonyl (C=O) groups excluding carboxylic acids is 1. The molecule has 2 aromatic rings. The highest BCUT2D eigenvalue weighted by Gasteiger charge is 2.42. The van der Waals surface area contributed by atoms with Gasteiger partial charge in [0.05, 0.1) is 15.6 Å². The quantitative estimate of drug-likeness (QED) is 0.404. The molecule has 1 aromatic heterocycles. The van der Waals surface area contributed by atoms with Gasteiger partial charge in [-0.3, -0.25) is 19.8 Å². The molecule has 2 saturated carbocycles. The minimum atomic E-state index is -0.516. The molecule has 1 heterocycles. The monoisotopic (exact) mass is 441 g/mol. The third-order valence-corrected chi connectivity index (χ3v) is 7.29. The van der Waals surface area contributed by atoms with Crippen LogP contribution in [0, 0.1) is 27.9 Å². The zero-order chi connectivity index (χ0) is 22.3. The summed E-state index contributed by atoms with van der Waals surface area (Å²) < 4.78 is 0. The molecule has 0 N–H and O–H groups in total. The van der Waals surface area contributed by atoms with Crippen molar-refractivity contribution < 1.29 is 9.72 Å². The van der Waals surface area contributed by atoms with E-state index in [4.69, 9.17) is 11.6 Å². The number of anilines is 2. The van der Waals surface area contributed by atoms with E-state index in [-0.39, 0.29) is 17.0 Å². The highest BCUT2D eigenvalue weighted by atomic mass is 35.5. The molecule has 4 rings (SSSR count). The predicted octanol–water partition coefficient (Wildman–Crippen LogP) is 6.43. The van der Waals surface area contributed by atoms with Gasteiger partial charge in [0.2, 0.25) is 5.91 Å². The first-order chi connectivity index (χ1) is 14.7. The standard InChI is InChI=1S/C24H28ClN3O3/c1-15-8-17-10-18(9-15)13-24(3,12-17)19-4-6-22(21(25)11-19)27(16(2)29)23-7-5-20(14-26-23)28(30)31/h4-7,11,14-15,17-18H,8-10,12-13H2,1-3H3. The molecule has 0 spiro atoms. The zero-order valence-corrected chi connectivity index (χ0v) is 18.9. The number of nitro groups is 1. The van der Waals surface area contributed by atoms with E-state index in [1.54, 1.807) is 0 Å². The number of amides is 1. The second-order valence-corrected chi connectivity index (χ2v) is 10.1. The minimum Gasteiger partial charge on any atom is -0.274 e. The van der Waals surface area contributed by atoms with Crippen molar-refractivity contribution in [2.24, 2.45) is 17.8 Å². The van der Waals surface area contributed by atoms with Crippen LogP contribution >= 0.6 is 11.6 Å². The van der Waals surface area contributed by atoms with E-state index in [0.717, 1.165) is 24.0 Å². The van der Waals surface area contributed by atoms with Crippen molar-refractivity contribution >= 4 is 34.7 Å². The van der Waals surface area contributed by atoms with Crippen LogP contribution in [0.1, 0.15) is 58.4 Å². The summed E-state index contributed by atoms with van der Waals surface area (Å²) in [6, 6.07) is 8.74. The van der Waals surface area contributed by atoms with Gasteiger partial charge in [-0.2, -0.15) is 0 Å². The SMILES string of the molecule is CC(=O)N(c1ccc([N+](=O)[O-])cn1)c1ccc(C2(C)CC3CC(C)CC(C3)C2)cc1Cl. The summed E-state index contributed by atoms with van der Waals surface area (Å²) in [7, 11) is 0. The van der Waals surface area contributed by atoms with Crippen LogP contribution in [0.5, 0.6) is 0 Å². The molecule has 2 aliphatic rings. The number of pyridine rings is 1. The maximum atomic E-state index is 12.4. The second-order valence-electron chi connectivity index (χ2n) is 9.67. The lowest BCUT2D eigenvalue weighted by Gasteiger charge is -2.47. The highest BCUT2D eigenvalue weighted by molar-refractivity contribution is 6.34. The molecule has 1 amide bonds. The molecule has 2 atom stereocenters. The van der Waals surface area contributed by atoms with Crippen molar-refractivity contribution in [1.82, 2.24) is 4.98 Å². The van der Waals surface area contributed by atoms with Gasteiger partial charge in [-0.1, -0.05) is 31.5 Å². The summed E-state index contributed by atoms with van der Waals surface area (Å²) in [4.78, 5) is 28.3. The Morgan fingerprint density at radius 3 is 2.39 bits per heavy atom. The van der Waals surface area contributed by atoms with Crippen LogP contribution in [0.3, 0.4) is 0 Å². The number of rotatable bonds is 4. The van der Waals surface area contributed by atoms with Gasteiger partial charge < -0.3 is 0 Å². The predicted molar refractivity (Wildman–Crippen MR) is 122 cm³/mol. The van der Waals surface area contributed by atoms with Gasteiger partial charge in [-0.25, -0.2) is 4.98 Å². The molecule has 164 valence electrons. The smallest absolute Gasteiger partial charge is 0.274 e. The van der Waals surface area contributed by atoms with Gasteiger partial charge in [-0.05, 0) is 79.0 Å². The molecule has 2 bridgehead atoms. The van der Waals surface area contributed by atoms with Crippen LogP contribution in [0.15, 0.2) is 36.5 Å². The maximum Gasteiger partial charge on any atom is 0.287 e. The fourth-order valence-corrected chi connectivity index (χ4v) is 6.23. The van der Waals surface area contributed by atoms with Crippen LogP contribution in [0.25, 0.3) is 0 Å². The van der Waals surface area contributed by atoms with Crippen molar-refractivity contribution in [1.29, 1.82) is 0 Å². The Kier molecular flexibility index (Phi) is 5.77. The van der Waals surface area contributed by atoms with Crippen molar-refractivity contribution in [3.63, 3.8) is 0 Å². The zero-order valence-electron chi connectivity index (χ0n) is 18.2. The van der Waals surface area contributed by atoms with Crippen molar-refractivity contribution in [3.05, 3.63) is 57.2 Å². The van der Waals surface area contributed by atoms with Crippen LogP contribution in [-0.2, 0) is 10.2 Å².